The molecule has 4 heteroatoms. The van der Waals surface area contributed by atoms with Crippen molar-refractivity contribution >= 4 is 5.69 Å². The molecule has 2 N–H and O–H groups in total. The smallest absolute Gasteiger partial charge is 0.166 e. The summed E-state index contributed by atoms with van der Waals surface area (Å²) in [5, 5.41) is 8.65. The molecule has 0 fully saturated rings. The van der Waals surface area contributed by atoms with E-state index < -0.39 is 5.82 Å². The van der Waals surface area contributed by atoms with Crippen LogP contribution in [0.25, 0.3) is 0 Å². The van der Waals surface area contributed by atoms with Crippen LogP contribution in [0.5, 0.6) is 5.75 Å². The fraction of sp³-hybridized carbons (Fsp3) is 0.188. The van der Waals surface area contributed by atoms with E-state index in [9.17, 15) is 4.39 Å². The van der Waals surface area contributed by atoms with Crippen LogP contribution in [0, 0.1) is 17.1 Å². The van der Waals surface area contributed by atoms with E-state index in [2.05, 4.69) is 0 Å². The van der Waals surface area contributed by atoms with Crippen molar-refractivity contribution in [1.29, 1.82) is 5.26 Å². The Kier molecular flexibility index (Phi) is 4.56. The third-order valence-corrected chi connectivity index (χ3v) is 2.88. The number of nitriles is 1. The van der Waals surface area contributed by atoms with Crippen molar-refractivity contribution in [1.82, 2.24) is 0 Å². The van der Waals surface area contributed by atoms with Crippen molar-refractivity contribution in [3.05, 3.63) is 59.4 Å². The van der Waals surface area contributed by atoms with Gasteiger partial charge in [0, 0.05) is 5.69 Å². The first kappa shape index (κ1) is 13.9. The highest BCUT2D eigenvalue weighted by Crippen LogP contribution is 2.18. The van der Waals surface area contributed by atoms with Gasteiger partial charge in [-0.3, -0.25) is 0 Å². The van der Waals surface area contributed by atoms with Gasteiger partial charge >= 0.3 is 0 Å². The topological polar surface area (TPSA) is 59.0 Å². The fourth-order valence-electron chi connectivity index (χ4n) is 1.89. The van der Waals surface area contributed by atoms with Crippen LogP contribution in [0.2, 0.25) is 0 Å². The number of rotatable bonds is 5. The average molecular weight is 270 g/mol. The summed E-state index contributed by atoms with van der Waals surface area (Å²) < 4.78 is 18.9. The molecule has 0 aliphatic rings. The van der Waals surface area contributed by atoms with Gasteiger partial charge < -0.3 is 10.5 Å². The molecular weight excluding hydrogens is 255 g/mol. The number of anilines is 1. The highest BCUT2D eigenvalue weighted by molar-refractivity contribution is 5.40. The number of hydrogen-bond donors (Lipinski definition) is 1. The van der Waals surface area contributed by atoms with E-state index in [1.165, 1.54) is 18.2 Å². The Labute approximate surface area is 117 Å². The molecule has 0 aliphatic heterocycles. The van der Waals surface area contributed by atoms with E-state index in [0.29, 0.717) is 6.61 Å². The van der Waals surface area contributed by atoms with Gasteiger partial charge in [-0.05, 0) is 48.7 Å². The Balaban J connectivity index is 1.83. The molecule has 102 valence electrons. The van der Waals surface area contributed by atoms with E-state index >= 15 is 0 Å². The van der Waals surface area contributed by atoms with Crippen LogP contribution in [0.4, 0.5) is 10.1 Å². The molecular formula is C16H15FN2O. The van der Waals surface area contributed by atoms with Gasteiger partial charge in [0.2, 0.25) is 0 Å². The fourth-order valence-corrected chi connectivity index (χ4v) is 1.89. The predicted molar refractivity (Wildman–Crippen MR) is 75.8 cm³/mol. The number of halogens is 1. The minimum atomic E-state index is -0.506. The Morgan fingerprint density at radius 3 is 2.75 bits per heavy atom. The van der Waals surface area contributed by atoms with E-state index in [-0.39, 0.29) is 11.3 Å². The number of hydrogen-bond acceptors (Lipinski definition) is 3. The SMILES string of the molecule is N#Cc1ccc(OCCCc2cccc(N)c2)c(F)c1. The number of ether oxygens (including phenoxy) is 1. The zero-order valence-electron chi connectivity index (χ0n) is 11.0. The monoisotopic (exact) mass is 270 g/mol. The van der Waals surface area contributed by atoms with Crippen molar-refractivity contribution in [2.75, 3.05) is 12.3 Å². The van der Waals surface area contributed by atoms with Crippen molar-refractivity contribution < 1.29 is 9.13 Å². The van der Waals surface area contributed by atoms with Crippen LogP contribution in [0.1, 0.15) is 17.5 Å². The molecule has 0 bridgehead atoms. The maximum absolute atomic E-state index is 13.5. The maximum Gasteiger partial charge on any atom is 0.166 e. The summed E-state index contributed by atoms with van der Waals surface area (Å²) >= 11 is 0. The molecule has 2 aromatic rings. The summed E-state index contributed by atoms with van der Waals surface area (Å²) in [5.41, 5.74) is 7.85. The lowest BCUT2D eigenvalue weighted by Gasteiger charge is -2.07. The molecule has 0 saturated heterocycles. The second kappa shape index (κ2) is 6.58. The van der Waals surface area contributed by atoms with Crippen LogP contribution in [0.15, 0.2) is 42.5 Å². The van der Waals surface area contributed by atoms with Crippen molar-refractivity contribution in [3.8, 4) is 11.8 Å². The molecule has 0 amide bonds. The van der Waals surface area contributed by atoms with Gasteiger partial charge in [0.05, 0.1) is 18.2 Å². The molecule has 0 aliphatic carbocycles. The Bertz CT molecular complexity index is 635. The van der Waals surface area contributed by atoms with E-state index in [1.54, 1.807) is 0 Å². The van der Waals surface area contributed by atoms with Crippen LogP contribution in [-0.4, -0.2) is 6.61 Å². The molecule has 0 heterocycles. The van der Waals surface area contributed by atoms with Crippen molar-refractivity contribution in [3.63, 3.8) is 0 Å². The summed E-state index contributed by atoms with van der Waals surface area (Å²) in [7, 11) is 0. The highest BCUT2D eigenvalue weighted by atomic mass is 19.1. The first-order valence-electron chi connectivity index (χ1n) is 6.36. The summed E-state index contributed by atoms with van der Waals surface area (Å²) in [6, 6.07) is 13.7. The number of aryl methyl sites for hydroxylation is 1. The Hall–Kier alpha value is -2.54. The Morgan fingerprint density at radius 2 is 2.05 bits per heavy atom. The van der Waals surface area contributed by atoms with Gasteiger partial charge in [0.15, 0.2) is 11.6 Å². The summed E-state index contributed by atoms with van der Waals surface area (Å²) in [6.45, 7) is 0.414. The highest BCUT2D eigenvalue weighted by Gasteiger charge is 2.04. The number of benzene rings is 2. The lowest BCUT2D eigenvalue weighted by Crippen LogP contribution is -2.01. The molecule has 2 aromatic carbocycles. The molecule has 0 saturated carbocycles. The van der Waals surface area contributed by atoms with Gasteiger partial charge in [-0.1, -0.05) is 12.1 Å². The third kappa shape index (κ3) is 3.72. The van der Waals surface area contributed by atoms with E-state index in [0.717, 1.165) is 24.1 Å². The predicted octanol–water partition coefficient (Wildman–Crippen LogP) is 3.29. The standard InChI is InChI=1S/C16H15FN2O/c17-15-10-13(11-18)6-7-16(15)20-8-2-4-12-3-1-5-14(19)9-12/h1,3,5-7,9-10H,2,4,8,19H2. The summed E-state index contributed by atoms with van der Waals surface area (Å²) in [6.07, 6.45) is 1.59. The van der Waals surface area contributed by atoms with Crippen molar-refractivity contribution in [2.45, 2.75) is 12.8 Å². The minimum Gasteiger partial charge on any atom is -0.491 e. The zero-order valence-corrected chi connectivity index (χ0v) is 11.0. The van der Waals surface area contributed by atoms with Gasteiger partial charge in [-0.15, -0.1) is 0 Å². The van der Waals surface area contributed by atoms with Crippen LogP contribution in [0.3, 0.4) is 0 Å². The van der Waals surface area contributed by atoms with Crippen LogP contribution < -0.4 is 10.5 Å². The molecule has 0 atom stereocenters. The molecule has 0 unspecified atom stereocenters. The van der Waals surface area contributed by atoms with Gasteiger partial charge in [0.25, 0.3) is 0 Å². The number of nitrogens with two attached hydrogens (primary N) is 1. The van der Waals surface area contributed by atoms with Gasteiger partial charge in [0.1, 0.15) is 0 Å². The Morgan fingerprint density at radius 1 is 1.20 bits per heavy atom. The van der Waals surface area contributed by atoms with Gasteiger partial charge in [-0.2, -0.15) is 5.26 Å². The normalized spacial score (nSPS) is 10.0. The second-order valence-electron chi connectivity index (χ2n) is 4.45. The number of nitrogen functional groups attached to an aromatic ring is 1. The quantitative estimate of drug-likeness (QED) is 0.670. The lowest BCUT2D eigenvalue weighted by atomic mass is 10.1. The molecule has 2 rings (SSSR count). The van der Waals surface area contributed by atoms with Crippen LogP contribution >= 0.6 is 0 Å². The first-order chi connectivity index (χ1) is 9.69. The minimum absolute atomic E-state index is 0.177. The zero-order chi connectivity index (χ0) is 14.4. The maximum atomic E-state index is 13.5. The van der Waals surface area contributed by atoms with Crippen molar-refractivity contribution in [2.24, 2.45) is 0 Å². The summed E-state index contributed by atoms with van der Waals surface area (Å²) in [5.74, 6) is -0.329. The molecule has 0 spiro atoms. The molecule has 0 radical (unpaired) electrons. The largest absolute Gasteiger partial charge is 0.491 e. The van der Waals surface area contributed by atoms with E-state index in [4.69, 9.17) is 15.7 Å². The van der Waals surface area contributed by atoms with E-state index in [1.807, 2.05) is 30.3 Å². The second-order valence-corrected chi connectivity index (χ2v) is 4.45. The van der Waals surface area contributed by atoms with Gasteiger partial charge in [-0.25, -0.2) is 4.39 Å². The molecule has 20 heavy (non-hydrogen) atoms. The third-order valence-electron chi connectivity index (χ3n) is 2.88. The average Bonchev–Trinajstić information content (AvgIpc) is 2.45. The summed E-state index contributed by atoms with van der Waals surface area (Å²) in [4.78, 5) is 0. The first-order valence-corrected chi connectivity index (χ1v) is 6.36. The molecule has 3 nitrogen and oxygen atoms in total. The lowest BCUT2D eigenvalue weighted by molar-refractivity contribution is 0.295. The van der Waals surface area contributed by atoms with Crippen LogP contribution in [-0.2, 0) is 6.42 Å². The number of nitrogens with zero attached hydrogens (tertiary/aromatic N) is 1. The molecule has 0 aromatic heterocycles.